The lowest BCUT2D eigenvalue weighted by Gasteiger charge is -2.05. The van der Waals surface area contributed by atoms with Gasteiger partial charge in [0.1, 0.15) is 0 Å². The minimum absolute atomic E-state index is 0.0479. The molecular formula is C8H12N4O4S. The van der Waals surface area contributed by atoms with Crippen molar-refractivity contribution in [3.8, 4) is 0 Å². The quantitative estimate of drug-likeness (QED) is 0.404. The normalized spacial score (nSPS) is 10.2. The van der Waals surface area contributed by atoms with Crippen molar-refractivity contribution in [1.29, 1.82) is 0 Å². The zero-order valence-corrected chi connectivity index (χ0v) is 9.91. The number of nitrogens with one attached hydrogen (secondary N) is 2. The average Bonchev–Trinajstić information content (AvgIpc) is 2.29. The largest absolute Gasteiger partial charge is 0.395 e. The van der Waals surface area contributed by atoms with Gasteiger partial charge >= 0.3 is 11.1 Å². The second-order valence-electron chi connectivity index (χ2n) is 3.06. The highest BCUT2D eigenvalue weighted by molar-refractivity contribution is 7.99. The summed E-state index contributed by atoms with van der Waals surface area (Å²) < 4.78 is 1.27. The number of aromatic nitrogens is 3. The van der Waals surface area contributed by atoms with Crippen LogP contribution in [0.4, 0.5) is 0 Å². The van der Waals surface area contributed by atoms with E-state index >= 15 is 0 Å². The molecule has 0 aliphatic heterocycles. The molecule has 0 spiro atoms. The molecule has 17 heavy (non-hydrogen) atoms. The van der Waals surface area contributed by atoms with Gasteiger partial charge in [-0.1, -0.05) is 11.8 Å². The Kier molecular flexibility index (Phi) is 4.91. The predicted molar refractivity (Wildman–Crippen MR) is 60.9 cm³/mol. The van der Waals surface area contributed by atoms with E-state index in [-0.39, 0.29) is 30.0 Å². The summed E-state index contributed by atoms with van der Waals surface area (Å²) in [6.07, 6.45) is 0. The molecule has 0 saturated carbocycles. The van der Waals surface area contributed by atoms with Crippen molar-refractivity contribution >= 4 is 17.7 Å². The fraction of sp³-hybridized carbons (Fsp3) is 0.500. The number of aliphatic hydroxyl groups is 1. The molecule has 0 saturated heterocycles. The van der Waals surface area contributed by atoms with Gasteiger partial charge in [-0.25, -0.2) is 0 Å². The van der Waals surface area contributed by atoms with Crippen molar-refractivity contribution in [2.75, 3.05) is 18.9 Å². The first-order valence-electron chi connectivity index (χ1n) is 4.72. The molecule has 0 fully saturated rings. The van der Waals surface area contributed by atoms with Crippen LogP contribution >= 0.6 is 11.8 Å². The number of hydrogen-bond acceptors (Lipinski definition) is 6. The van der Waals surface area contributed by atoms with Crippen molar-refractivity contribution in [2.45, 2.75) is 5.16 Å². The van der Waals surface area contributed by atoms with Crippen molar-refractivity contribution in [2.24, 2.45) is 7.05 Å². The highest BCUT2D eigenvalue weighted by Gasteiger charge is 2.07. The van der Waals surface area contributed by atoms with Crippen LogP contribution in [-0.2, 0) is 11.8 Å². The molecule has 1 aromatic rings. The molecule has 1 rings (SSSR count). The van der Waals surface area contributed by atoms with Gasteiger partial charge in [-0.3, -0.25) is 24.2 Å². The van der Waals surface area contributed by atoms with Gasteiger partial charge in [0.25, 0.3) is 0 Å². The summed E-state index contributed by atoms with van der Waals surface area (Å²) in [5.74, 6) is -0.240. The minimum Gasteiger partial charge on any atom is -0.395 e. The van der Waals surface area contributed by atoms with Gasteiger partial charge in [0, 0.05) is 13.6 Å². The van der Waals surface area contributed by atoms with E-state index in [0.29, 0.717) is 0 Å². The number of H-pyrrole nitrogens is 1. The van der Waals surface area contributed by atoms with E-state index in [1.165, 1.54) is 11.7 Å². The maximum Gasteiger partial charge on any atom is 0.339 e. The Morgan fingerprint density at radius 1 is 1.59 bits per heavy atom. The van der Waals surface area contributed by atoms with Crippen LogP contribution in [0.5, 0.6) is 0 Å². The summed E-state index contributed by atoms with van der Waals surface area (Å²) >= 11 is 1.02. The molecule has 1 amide bonds. The Morgan fingerprint density at radius 2 is 2.29 bits per heavy atom. The first-order chi connectivity index (χ1) is 8.04. The fourth-order valence-electron chi connectivity index (χ4n) is 0.966. The fourth-order valence-corrected chi connectivity index (χ4v) is 1.72. The van der Waals surface area contributed by atoms with E-state index in [1.807, 2.05) is 0 Å². The second kappa shape index (κ2) is 6.21. The van der Waals surface area contributed by atoms with Crippen LogP contribution in [0, 0.1) is 0 Å². The highest BCUT2D eigenvalue weighted by Crippen LogP contribution is 2.09. The lowest BCUT2D eigenvalue weighted by Crippen LogP contribution is -2.34. The Labute approximate surface area is 100 Å². The molecule has 1 heterocycles. The van der Waals surface area contributed by atoms with Crippen LogP contribution in [0.1, 0.15) is 0 Å². The summed E-state index contributed by atoms with van der Waals surface area (Å²) in [5.41, 5.74) is -1.69. The van der Waals surface area contributed by atoms with E-state index in [1.54, 1.807) is 0 Å². The monoisotopic (exact) mass is 260 g/mol. The zero-order chi connectivity index (χ0) is 12.8. The Morgan fingerprint density at radius 3 is 2.94 bits per heavy atom. The molecule has 0 bridgehead atoms. The van der Waals surface area contributed by atoms with Crippen LogP contribution in [-0.4, -0.2) is 44.7 Å². The van der Waals surface area contributed by atoms with E-state index < -0.39 is 11.1 Å². The van der Waals surface area contributed by atoms with Crippen LogP contribution in [0.2, 0.25) is 0 Å². The van der Waals surface area contributed by atoms with Crippen LogP contribution in [0.25, 0.3) is 0 Å². The summed E-state index contributed by atoms with van der Waals surface area (Å²) in [6, 6.07) is 0. The van der Waals surface area contributed by atoms with Crippen LogP contribution in [0.3, 0.4) is 0 Å². The topological polar surface area (TPSA) is 117 Å². The van der Waals surface area contributed by atoms with E-state index in [2.05, 4.69) is 15.4 Å². The van der Waals surface area contributed by atoms with Crippen molar-refractivity contribution in [3.05, 3.63) is 20.7 Å². The van der Waals surface area contributed by atoms with Gasteiger partial charge in [-0.2, -0.15) is 4.98 Å². The van der Waals surface area contributed by atoms with E-state index in [4.69, 9.17) is 5.11 Å². The summed E-state index contributed by atoms with van der Waals surface area (Å²) in [4.78, 5) is 36.6. The van der Waals surface area contributed by atoms with Crippen LogP contribution < -0.4 is 16.4 Å². The molecular weight excluding hydrogens is 248 g/mol. The number of aliphatic hydroxyl groups excluding tert-OH is 1. The average molecular weight is 260 g/mol. The first-order valence-corrected chi connectivity index (χ1v) is 5.71. The van der Waals surface area contributed by atoms with Crippen molar-refractivity contribution < 1.29 is 9.90 Å². The molecule has 0 aliphatic rings. The molecule has 9 heteroatoms. The number of thioether (sulfide) groups is 1. The maximum atomic E-state index is 11.2. The minimum atomic E-state index is -0.888. The molecule has 0 unspecified atom stereocenters. The zero-order valence-electron chi connectivity index (χ0n) is 9.10. The number of rotatable bonds is 5. The summed E-state index contributed by atoms with van der Waals surface area (Å²) in [5, 5.41) is 13.5. The molecule has 0 atom stereocenters. The van der Waals surface area contributed by atoms with Crippen molar-refractivity contribution in [1.82, 2.24) is 20.1 Å². The highest BCUT2D eigenvalue weighted by atomic mass is 32.2. The maximum absolute atomic E-state index is 11.2. The lowest BCUT2D eigenvalue weighted by molar-refractivity contribution is -0.118. The van der Waals surface area contributed by atoms with Crippen molar-refractivity contribution in [3.63, 3.8) is 0 Å². The van der Waals surface area contributed by atoms with E-state index in [9.17, 15) is 14.4 Å². The summed E-state index contributed by atoms with van der Waals surface area (Å²) in [6.45, 7) is 0.0448. The number of amides is 1. The molecule has 3 N–H and O–H groups in total. The van der Waals surface area contributed by atoms with Crippen LogP contribution in [0.15, 0.2) is 14.7 Å². The van der Waals surface area contributed by atoms with Gasteiger partial charge in [-0.15, -0.1) is 0 Å². The molecule has 0 aliphatic carbocycles. The third-order valence-corrected chi connectivity index (χ3v) is 2.74. The van der Waals surface area contributed by atoms with Gasteiger partial charge in [0.2, 0.25) is 5.91 Å². The number of hydrogen-bond donors (Lipinski definition) is 3. The predicted octanol–water partition coefficient (Wildman–Crippen LogP) is -2.33. The van der Waals surface area contributed by atoms with Gasteiger partial charge < -0.3 is 10.4 Å². The first kappa shape index (κ1) is 13.5. The Hall–Kier alpha value is -1.61. The van der Waals surface area contributed by atoms with Gasteiger partial charge in [0.05, 0.1) is 12.4 Å². The lowest BCUT2D eigenvalue weighted by atomic mass is 10.6. The smallest absolute Gasteiger partial charge is 0.339 e. The number of carbonyl (C=O) groups excluding carboxylic acids is 1. The molecule has 8 nitrogen and oxygen atoms in total. The number of aryl methyl sites for hydroxylation is 1. The third-order valence-electron chi connectivity index (χ3n) is 1.71. The molecule has 94 valence electrons. The van der Waals surface area contributed by atoms with E-state index in [0.717, 1.165) is 11.8 Å². The standard InChI is InChI=1S/C8H12N4O4S/c1-12-8(10-6(15)7(16)11-12)17-4-5(14)9-2-3-13/h13H,2-4H2,1H3,(H,9,14)(H,11,16). The van der Waals surface area contributed by atoms with Gasteiger partial charge in [0.15, 0.2) is 5.16 Å². The summed E-state index contributed by atoms with van der Waals surface area (Å²) in [7, 11) is 1.52. The third kappa shape index (κ3) is 4.04. The number of carbonyl (C=O) groups is 1. The van der Waals surface area contributed by atoms with Gasteiger partial charge in [-0.05, 0) is 0 Å². The molecule has 1 aromatic heterocycles. The number of aromatic amines is 1. The Balaban J connectivity index is 2.64. The SMILES string of the molecule is Cn1[nH]c(=O)c(=O)nc1SCC(=O)NCCO. The molecule has 0 radical (unpaired) electrons. The molecule has 0 aromatic carbocycles. The number of nitrogens with zero attached hydrogens (tertiary/aromatic N) is 2. The Bertz CT molecular complexity index is 509. The second-order valence-corrected chi connectivity index (χ2v) is 4.00.